The number of nitro groups is 1. The predicted octanol–water partition coefficient (Wildman–Crippen LogP) is 7.38. The molecule has 2 aliphatic carbocycles. The fraction of sp³-hybridized carbons (Fsp3) is 0.611. The van der Waals surface area contributed by atoms with Crippen molar-refractivity contribution in [2.24, 2.45) is 17.8 Å². The summed E-state index contributed by atoms with van der Waals surface area (Å²) in [6.45, 7) is 5.43. The molecular formula is C18H24Cl6N3O2Sb. The summed E-state index contributed by atoms with van der Waals surface area (Å²) in [5.41, 5.74) is 2.84. The Hall–Kier alpha value is 0.648. The van der Waals surface area contributed by atoms with Crippen LogP contribution in [0.3, 0.4) is 0 Å². The summed E-state index contributed by atoms with van der Waals surface area (Å²) in [4.78, 5) is 10.6. The molecule has 2 fully saturated rings. The van der Waals surface area contributed by atoms with E-state index in [4.69, 9.17) is 53.0 Å². The molecule has 2 saturated carbocycles. The molecule has 2 bridgehead atoms. The average Bonchev–Trinajstić information content (AvgIpc) is 3.29. The molecule has 0 N–H and O–H groups in total. The Morgan fingerprint density at radius 2 is 1.60 bits per heavy atom. The van der Waals surface area contributed by atoms with Gasteiger partial charge >= 0.3 is 62.1 Å². The van der Waals surface area contributed by atoms with Crippen LogP contribution in [0.5, 0.6) is 0 Å². The van der Waals surface area contributed by atoms with Crippen LogP contribution in [0.25, 0.3) is 0 Å². The normalized spacial score (nSPS) is 29.8. The molecule has 0 unspecified atom stereocenters. The van der Waals surface area contributed by atoms with Crippen molar-refractivity contribution in [1.29, 1.82) is 0 Å². The van der Waals surface area contributed by atoms with Gasteiger partial charge in [0.2, 0.25) is 0 Å². The number of hydrazine groups is 1. The maximum absolute atomic E-state index is 10.9. The molecule has 0 amide bonds. The van der Waals surface area contributed by atoms with E-state index in [1.165, 1.54) is 19.3 Å². The van der Waals surface area contributed by atoms with Crippen molar-refractivity contribution in [2.75, 3.05) is 11.6 Å². The Balaban J connectivity index is 0.000000318. The van der Waals surface area contributed by atoms with Gasteiger partial charge in [-0.2, -0.15) is 0 Å². The number of anilines is 1. The van der Waals surface area contributed by atoms with Crippen molar-refractivity contribution in [3.8, 4) is 0 Å². The van der Waals surface area contributed by atoms with Gasteiger partial charge in [0.05, 0.1) is 16.5 Å². The molecule has 1 aromatic rings. The Kier molecular flexibility index (Phi) is 6.86. The Morgan fingerprint density at radius 1 is 1.07 bits per heavy atom. The van der Waals surface area contributed by atoms with E-state index in [9.17, 15) is 10.1 Å². The molecule has 3 aliphatic rings. The Labute approximate surface area is 196 Å². The Bertz CT molecular complexity index is 861. The van der Waals surface area contributed by atoms with Gasteiger partial charge in [-0.3, -0.25) is 10.1 Å². The van der Waals surface area contributed by atoms with E-state index in [1.54, 1.807) is 17.8 Å². The monoisotopic (exact) mass is 645 g/mol. The first-order chi connectivity index (χ1) is 13.6. The molecule has 0 radical (unpaired) electrons. The molecule has 1 aliphatic heterocycles. The van der Waals surface area contributed by atoms with Crippen LogP contribution < -0.4 is 5.01 Å². The minimum absolute atomic E-state index is 0.167. The zero-order chi connectivity index (χ0) is 22.5. The van der Waals surface area contributed by atoms with Crippen molar-refractivity contribution >= 4 is 79.2 Å². The van der Waals surface area contributed by atoms with E-state index < -0.39 is 9.14 Å². The molecule has 5 nitrogen and oxygen atoms in total. The van der Waals surface area contributed by atoms with Crippen LogP contribution in [-0.2, 0) is 0 Å². The predicted molar refractivity (Wildman–Crippen MR) is 131 cm³/mol. The second-order valence-electron chi connectivity index (χ2n) is 7.99. The third-order valence-electron chi connectivity index (χ3n) is 6.12. The fourth-order valence-electron chi connectivity index (χ4n) is 5.37. The molecule has 170 valence electrons. The first-order valence-electron chi connectivity index (χ1n) is 9.84. The molecule has 30 heavy (non-hydrogen) atoms. The van der Waals surface area contributed by atoms with E-state index in [1.807, 2.05) is 12.1 Å². The summed E-state index contributed by atoms with van der Waals surface area (Å²) in [5.74, 6) is 2.31. The summed E-state index contributed by atoms with van der Waals surface area (Å²) in [7, 11) is 25.0. The third-order valence-corrected chi connectivity index (χ3v) is 6.12. The summed E-state index contributed by atoms with van der Waals surface area (Å²) >= 11 is 0. The molecule has 0 aromatic heterocycles. The van der Waals surface area contributed by atoms with Gasteiger partial charge in [0, 0.05) is 18.6 Å². The van der Waals surface area contributed by atoms with Crippen LogP contribution in [0.2, 0.25) is 0 Å². The van der Waals surface area contributed by atoms with Crippen molar-refractivity contribution in [3.63, 3.8) is 0 Å². The summed E-state index contributed by atoms with van der Waals surface area (Å²) < 4.78 is 2.45. The summed E-state index contributed by atoms with van der Waals surface area (Å²) in [5, 5.41) is 13.4. The molecule has 1 heterocycles. The van der Waals surface area contributed by atoms with Gasteiger partial charge in [0.25, 0.3) is 5.69 Å². The van der Waals surface area contributed by atoms with E-state index in [0.29, 0.717) is 12.0 Å². The van der Waals surface area contributed by atoms with Crippen LogP contribution >= 0.6 is 53.0 Å². The number of nitrogens with zero attached hydrogens (tertiary/aromatic N) is 3. The number of fused-ring (bicyclic) bond motifs is 5. The number of non-ortho nitro benzene ring substituents is 1. The van der Waals surface area contributed by atoms with E-state index >= 15 is 0 Å². The van der Waals surface area contributed by atoms with Crippen LogP contribution in [-0.4, -0.2) is 37.0 Å². The molecule has 1 aromatic carbocycles. The van der Waals surface area contributed by atoms with Crippen LogP contribution in [0.1, 0.15) is 39.5 Å². The van der Waals surface area contributed by atoms with Gasteiger partial charge in [0.15, 0.2) is 12.3 Å². The van der Waals surface area contributed by atoms with Crippen molar-refractivity contribution < 1.29 is 9.61 Å². The molecule has 0 saturated heterocycles. The number of hydrazone groups is 1. The van der Waals surface area contributed by atoms with Crippen molar-refractivity contribution in [2.45, 2.75) is 45.6 Å². The third kappa shape index (κ3) is 6.16. The van der Waals surface area contributed by atoms with Gasteiger partial charge in [-0.1, -0.05) is 6.92 Å². The maximum atomic E-state index is 10.9. The second-order valence-corrected chi connectivity index (χ2v) is 64.9. The van der Waals surface area contributed by atoms with Crippen LogP contribution in [0.15, 0.2) is 24.3 Å². The van der Waals surface area contributed by atoms with Crippen molar-refractivity contribution in [3.05, 3.63) is 34.4 Å². The molecule has 0 spiro atoms. The van der Waals surface area contributed by atoms with Gasteiger partial charge in [-0.25, -0.2) is 0 Å². The van der Waals surface area contributed by atoms with Gasteiger partial charge in [0.1, 0.15) is 6.04 Å². The summed E-state index contributed by atoms with van der Waals surface area (Å²) in [6.07, 6.45) is 5.17. The molecule has 4 atom stereocenters. The molecule has 12 heteroatoms. The van der Waals surface area contributed by atoms with Crippen LogP contribution in [0.4, 0.5) is 11.4 Å². The van der Waals surface area contributed by atoms with E-state index in [2.05, 4.69) is 23.5 Å². The zero-order valence-electron chi connectivity index (χ0n) is 16.5. The number of rotatable bonds is 4. The zero-order valence-corrected chi connectivity index (χ0v) is 23.6. The number of hydrogen-bond acceptors (Lipinski definition) is 3. The first-order valence-corrected chi connectivity index (χ1v) is 29.2. The number of benzene rings is 1. The molecule has 4 rings (SSSR count). The van der Waals surface area contributed by atoms with Gasteiger partial charge < -0.3 is 0 Å². The number of hydrogen-bond donors (Lipinski definition) is 0. The number of halogens is 6. The van der Waals surface area contributed by atoms with Gasteiger partial charge in [-0.15, -0.1) is 9.69 Å². The fourth-order valence-corrected chi connectivity index (χ4v) is 5.37. The quantitative estimate of drug-likeness (QED) is 0.148. The SMILES string of the molecule is CCC1=[N+](CC)N(c2ccc([N+](=O)[O-])cc2)[C@@H]2[C@H]3CC[C@H](C3)[C@H]12.[Cl][Sb-]([Cl])([Cl])([Cl])([Cl])[Cl]. The topological polar surface area (TPSA) is 49.4 Å². The summed E-state index contributed by atoms with van der Waals surface area (Å²) in [6, 6.07) is 7.67. The first kappa shape index (κ1) is 25.3. The van der Waals surface area contributed by atoms with Gasteiger partial charge in [-0.05, 0) is 50.2 Å². The standard InChI is InChI=1S/C18H24N3O2.6ClH.Sb/c1-3-16-17-12-5-6-13(11-12)18(17)20(19(16)4-2)14-7-9-15(10-8-14)21(22)23;;;;;;;/h7-10,12-13,17-18H,3-6,11H2,1-2H3;6*1H;/q+1;;;;;;;+5/p-6/t12-,13+,17-,18-;;;;;;;/m1......./s1. The second kappa shape index (κ2) is 8.15. The van der Waals surface area contributed by atoms with Crippen LogP contribution in [0, 0.1) is 27.9 Å². The average molecular weight is 649 g/mol. The Morgan fingerprint density at radius 3 is 2.07 bits per heavy atom. The number of nitro benzene ring substituents is 1. The van der Waals surface area contributed by atoms with E-state index in [-0.39, 0.29) is 10.6 Å². The molecular weight excluding hydrogens is 625 g/mol. The van der Waals surface area contributed by atoms with E-state index in [0.717, 1.165) is 30.5 Å². The van der Waals surface area contributed by atoms with Crippen molar-refractivity contribution in [1.82, 2.24) is 0 Å². The minimum atomic E-state index is -5.42.